The molecule has 0 aliphatic carbocycles. The van der Waals surface area contributed by atoms with Crippen molar-refractivity contribution in [3.05, 3.63) is 59.8 Å². The maximum Gasteiger partial charge on any atom is 0.264 e. The minimum absolute atomic E-state index is 0.00857. The number of hydrogen-bond donors (Lipinski definition) is 1. The Labute approximate surface area is 192 Å². The predicted octanol–water partition coefficient (Wildman–Crippen LogP) is 3.36. The van der Waals surface area contributed by atoms with Crippen LogP contribution in [0.5, 0.6) is 5.75 Å². The van der Waals surface area contributed by atoms with Crippen LogP contribution in [-0.4, -0.2) is 50.6 Å². The van der Waals surface area contributed by atoms with Gasteiger partial charge in [0.05, 0.1) is 31.9 Å². The van der Waals surface area contributed by atoms with Gasteiger partial charge in [0.2, 0.25) is 5.91 Å². The molecule has 2 aromatic carbocycles. The highest BCUT2D eigenvalue weighted by molar-refractivity contribution is 7.85. The van der Waals surface area contributed by atoms with Crippen molar-refractivity contribution in [3.63, 3.8) is 0 Å². The van der Waals surface area contributed by atoms with E-state index in [0.29, 0.717) is 17.2 Å². The molecule has 0 radical (unpaired) electrons. The van der Waals surface area contributed by atoms with Crippen molar-refractivity contribution in [1.29, 1.82) is 0 Å². The van der Waals surface area contributed by atoms with Crippen LogP contribution in [0.25, 0.3) is 22.4 Å². The molecule has 3 aromatic rings. The number of methoxy groups -OCH3 is 1. The van der Waals surface area contributed by atoms with E-state index >= 15 is 0 Å². The summed E-state index contributed by atoms with van der Waals surface area (Å²) in [5.74, 6) is 0.459. The SMILES string of the molecule is COc1ccc(-c2c(-c3ccccc3Cl)cnn2CC(=O)NCCCOS(C)(=O)=O)cc1. The molecule has 1 amide bonds. The Hall–Kier alpha value is -2.88. The fourth-order valence-electron chi connectivity index (χ4n) is 3.14. The summed E-state index contributed by atoms with van der Waals surface area (Å²) in [6.07, 6.45) is 3.04. The monoisotopic (exact) mass is 477 g/mol. The average Bonchev–Trinajstić information content (AvgIpc) is 3.16. The highest BCUT2D eigenvalue weighted by Crippen LogP contribution is 2.36. The largest absolute Gasteiger partial charge is 0.497 e. The van der Waals surface area contributed by atoms with E-state index in [1.165, 1.54) is 0 Å². The van der Waals surface area contributed by atoms with E-state index in [0.717, 1.165) is 28.6 Å². The smallest absolute Gasteiger partial charge is 0.264 e. The number of carbonyl (C=O) groups is 1. The fourth-order valence-corrected chi connectivity index (χ4v) is 3.80. The number of nitrogens with zero attached hydrogens (tertiary/aromatic N) is 2. The van der Waals surface area contributed by atoms with Crippen molar-refractivity contribution in [2.45, 2.75) is 13.0 Å². The summed E-state index contributed by atoms with van der Waals surface area (Å²) in [6.45, 7) is 0.276. The lowest BCUT2D eigenvalue weighted by molar-refractivity contribution is -0.121. The molecule has 0 bridgehead atoms. The Bertz CT molecular complexity index is 1180. The molecule has 32 heavy (non-hydrogen) atoms. The van der Waals surface area contributed by atoms with Crippen molar-refractivity contribution in [3.8, 4) is 28.1 Å². The summed E-state index contributed by atoms with van der Waals surface area (Å²) >= 11 is 6.42. The van der Waals surface area contributed by atoms with E-state index in [1.807, 2.05) is 42.5 Å². The number of hydrogen-bond acceptors (Lipinski definition) is 6. The first kappa shape index (κ1) is 23.8. The van der Waals surface area contributed by atoms with Gasteiger partial charge in [0.25, 0.3) is 10.1 Å². The van der Waals surface area contributed by atoms with E-state index < -0.39 is 10.1 Å². The van der Waals surface area contributed by atoms with E-state index in [-0.39, 0.29) is 25.6 Å². The van der Waals surface area contributed by atoms with Gasteiger partial charge in [-0.3, -0.25) is 13.7 Å². The Morgan fingerprint density at radius 1 is 1.12 bits per heavy atom. The van der Waals surface area contributed by atoms with Crippen LogP contribution in [0.3, 0.4) is 0 Å². The Morgan fingerprint density at radius 3 is 2.50 bits per heavy atom. The van der Waals surface area contributed by atoms with Crippen molar-refractivity contribution in [2.24, 2.45) is 0 Å². The van der Waals surface area contributed by atoms with Crippen LogP contribution in [0.4, 0.5) is 0 Å². The third-order valence-electron chi connectivity index (χ3n) is 4.60. The Balaban J connectivity index is 1.81. The van der Waals surface area contributed by atoms with Gasteiger partial charge < -0.3 is 10.1 Å². The third kappa shape index (κ3) is 6.32. The first-order valence-corrected chi connectivity index (χ1v) is 12.0. The molecule has 0 aliphatic heterocycles. The number of carbonyl (C=O) groups excluding carboxylic acids is 1. The van der Waals surface area contributed by atoms with Gasteiger partial charge in [0, 0.05) is 28.3 Å². The maximum absolute atomic E-state index is 12.5. The van der Waals surface area contributed by atoms with Crippen LogP contribution in [0, 0.1) is 0 Å². The predicted molar refractivity (Wildman–Crippen MR) is 123 cm³/mol. The van der Waals surface area contributed by atoms with Crippen LogP contribution in [0.1, 0.15) is 6.42 Å². The van der Waals surface area contributed by atoms with Crippen molar-refractivity contribution in [1.82, 2.24) is 15.1 Å². The standard InChI is InChI=1S/C22H24ClN3O5S/c1-30-17-10-8-16(9-11-17)22-19(18-6-3-4-7-20(18)23)14-25-26(22)15-21(27)24-12-5-13-31-32(2,28)29/h3-4,6-11,14H,5,12-13,15H2,1-2H3,(H,24,27). The van der Waals surface area contributed by atoms with Gasteiger partial charge in [-0.25, -0.2) is 0 Å². The van der Waals surface area contributed by atoms with E-state index in [4.69, 9.17) is 16.3 Å². The molecule has 0 unspecified atom stereocenters. The first-order valence-electron chi connectivity index (χ1n) is 9.84. The quantitative estimate of drug-likeness (QED) is 0.355. The lowest BCUT2D eigenvalue weighted by Gasteiger charge is -2.12. The fraction of sp³-hybridized carbons (Fsp3) is 0.273. The zero-order valence-electron chi connectivity index (χ0n) is 17.7. The number of amides is 1. The molecule has 3 rings (SSSR count). The summed E-state index contributed by atoms with van der Waals surface area (Å²) in [7, 11) is -1.89. The zero-order chi connectivity index (χ0) is 23.1. The maximum atomic E-state index is 12.5. The highest BCUT2D eigenvalue weighted by atomic mass is 35.5. The molecule has 0 fully saturated rings. The molecule has 10 heteroatoms. The molecule has 1 aromatic heterocycles. The van der Waals surface area contributed by atoms with Crippen LogP contribution in [-0.2, 0) is 25.6 Å². The molecule has 0 saturated heterocycles. The number of aromatic nitrogens is 2. The first-order chi connectivity index (χ1) is 15.3. The van der Waals surface area contributed by atoms with Gasteiger partial charge in [-0.2, -0.15) is 13.5 Å². The Morgan fingerprint density at radius 2 is 1.84 bits per heavy atom. The second-order valence-electron chi connectivity index (χ2n) is 7.00. The van der Waals surface area contributed by atoms with Gasteiger partial charge in [0.15, 0.2) is 0 Å². The second kappa shape index (κ2) is 10.6. The van der Waals surface area contributed by atoms with Crippen molar-refractivity contribution < 1.29 is 22.1 Å². The minimum Gasteiger partial charge on any atom is -0.497 e. The number of nitrogens with one attached hydrogen (secondary N) is 1. The number of benzene rings is 2. The lowest BCUT2D eigenvalue weighted by atomic mass is 10.0. The van der Waals surface area contributed by atoms with E-state index in [9.17, 15) is 13.2 Å². The summed E-state index contributed by atoms with van der Waals surface area (Å²) in [6, 6.07) is 14.9. The van der Waals surface area contributed by atoms with Gasteiger partial charge >= 0.3 is 0 Å². The highest BCUT2D eigenvalue weighted by Gasteiger charge is 2.18. The van der Waals surface area contributed by atoms with Crippen LogP contribution in [0.2, 0.25) is 5.02 Å². The molecular weight excluding hydrogens is 454 g/mol. The summed E-state index contributed by atoms with van der Waals surface area (Å²) in [5, 5.41) is 7.77. The van der Waals surface area contributed by atoms with Crippen LogP contribution < -0.4 is 10.1 Å². The Kier molecular flexibility index (Phi) is 7.89. The molecule has 0 atom stereocenters. The van der Waals surface area contributed by atoms with Gasteiger partial charge in [-0.15, -0.1) is 0 Å². The third-order valence-corrected chi connectivity index (χ3v) is 5.53. The van der Waals surface area contributed by atoms with E-state index in [2.05, 4.69) is 14.6 Å². The molecule has 1 N–H and O–H groups in total. The zero-order valence-corrected chi connectivity index (χ0v) is 19.3. The topological polar surface area (TPSA) is 99.5 Å². The number of ether oxygens (including phenoxy) is 1. The molecular formula is C22H24ClN3O5S. The molecule has 0 saturated carbocycles. The van der Waals surface area contributed by atoms with Gasteiger partial charge in [0.1, 0.15) is 12.3 Å². The van der Waals surface area contributed by atoms with Gasteiger partial charge in [-0.05, 0) is 36.8 Å². The minimum atomic E-state index is -3.49. The summed E-state index contributed by atoms with van der Waals surface area (Å²) in [5.41, 5.74) is 3.21. The van der Waals surface area contributed by atoms with Crippen LogP contribution in [0.15, 0.2) is 54.7 Å². The summed E-state index contributed by atoms with van der Waals surface area (Å²) in [4.78, 5) is 12.5. The lowest BCUT2D eigenvalue weighted by Crippen LogP contribution is -2.29. The number of halogens is 1. The molecule has 0 aliphatic rings. The summed E-state index contributed by atoms with van der Waals surface area (Å²) < 4.78 is 33.5. The van der Waals surface area contributed by atoms with Gasteiger partial charge in [-0.1, -0.05) is 29.8 Å². The molecule has 8 nitrogen and oxygen atoms in total. The van der Waals surface area contributed by atoms with Crippen molar-refractivity contribution in [2.75, 3.05) is 26.5 Å². The second-order valence-corrected chi connectivity index (χ2v) is 9.05. The van der Waals surface area contributed by atoms with Crippen LogP contribution >= 0.6 is 11.6 Å². The molecule has 0 spiro atoms. The molecule has 170 valence electrons. The average molecular weight is 478 g/mol. The molecule has 1 heterocycles. The van der Waals surface area contributed by atoms with Crippen molar-refractivity contribution >= 4 is 27.6 Å². The van der Waals surface area contributed by atoms with E-state index in [1.54, 1.807) is 24.1 Å². The normalized spacial score (nSPS) is 11.3. The number of rotatable bonds is 10.